The van der Waals surface area contributed by atoms with Gasteiger partial charge in [-0.1, -0.05) is 6.07 Å². The number of aromatic nitrogens is 3. The molecule has 7 heteroatoms. The van der Waals surface area contributed by atoms with E-state index in [1.807, 2.05) is 24.5 Å². The Balaban J connectivity index is 1.34. The Morgan fingerprint density at radius 3 is 2.88 bits per heavy atom. The van der Waals surface area contributed by atoms with Crippen molar-refractivity contribution in [3.63, 3.8) is 0 Å². The summed E-state index contributed by atoms with van der Waals surface area (Å²) in [4.78, 5) is 18.3. The van der Waals surface area contributed by atoms with Crippen molar-refractivity contribution in [2.24, 2.45) is 0 Å². The van der Waals surface area contributed by atoms with Crippen LogP contribution in [0.15, 0.2) is 30.6 Å². The van der Waals surface area contributed by atoms with Crippen molar-refractivity contribution in [1.29, 1.82) is 0 Å². The van der Waals surface area contributed by atoms with Gasteiger partial charge in [-0.15, -0.1) is 0 Å². The lowest BCUT2D eigenvalue weighted by Gasteiger charge is -2.27. The van der Waals surface area contributed by atoms with Crippen molar-refractivity contribution in [2.75, 3.05) is 49.6 Å². The largest absolute Gasteiger partial charge is 0.378 e. The molecule has 0 aromatic carbocycles. The summed E-state index contributed by atoms with van der Waals surface area (Å²) in [7, 11) is 0. The van der Waals surface area contributed by atoms with E-state index in [1.165, 1.54) is 11.3 Å². The third-order valence-electron chi connectivity index (χ3n) is 5.05. The summed E-state index contributed by atoms with van der Waals surface area (Å²) < 4.78 is 5.40. The molecule has 4 heterocycles. The lowest BCUT2D eigenvalue weighted by atomic mass is 10.2. The van der Waals surface area contributed by atoms with Gasteiger partial charge in [0.05, 0.1) is 18.9 Å². The first-order chi connectivity index (χ1) is 12.8. The molecule has 7 nitrogen and oxygen atoms in total. The van der Waals surface area contributed by atoms with E-state index in [1.54, 1.807) is 0 Å². The number of nitrogens with zero attached hydrogens (tertiary/aromatic N) is 5. The van der Waals surface area contributed by atoms with Crippen LogP contribution in [0.1, 0.15) is 17.7 Å². The summed E-state index contributed by atoms with van der Waals surface area (Å²) in [5.41, 5.74) is 2.43. The number of hydrogen-bond donors (Lipinski definition) is 1. The minimum Gasteiger partial charge on any atom is -0.378 e. The molecule has 1 atom stereocenters. The van der Waals surface area contributed by atoms with Gasteiger partial charge in [-0.05, 0) is 31.0 Å². The quantitative estimate of drug-likeness (QED) is 0.877. The Labute approximate surface area is 154 Å². The summed E-state index contributed by atoms with van der Waals surface area (Å²) in [5.74, 6) is 1.69. The highest BCUT2D eigenvalue weighted by atomic mass is 16.5. The van der Waals surface area contributed by atoms with Crippen LogP contribution in [0.4, 0.5) is 11.8 Å². The predicted octanol–water partition coefficient (Wildman–Crippen LogP) is 1.70. The lowest BCUT2D eigenvalue weighted by Crippen LogP contribution is -2.37. The number of ether oxygens (including phenoxy) is 1. The van der Waals surface area contributed by atoms with E-state index >= 15 is 0 Å². The minimum absolute atomic E-state index is 0.409. The fraction of sp³-hybridized carbons (Fsp3) is 0.526. The molecular weight excluding hydrogens is 328 g/mol. The van der Waals surface area contributed by atoms with Gasteiger partial charge in [0.25, 0.3) is 0 Å². The summed E-state index contributed by atoms with van der Waals surface area (Å²) in [5, 5.41) is 3.58. The minimum atomic E-state index is 0.409. The molecule has 2 aliphatic rings. The highest BCUT2D eigenvalue weighted by Gasteiger charge is 2.23. The van der Waals surface area contributed by atoms with Gasteiger partial charge >= 0.3 is 0 Å². The second-order valence-electron chi connectivity index (χ2n) is 6.97. The fourth-order valence-corrected chi connectivity index (χ4v) is 3.54. The molecule has 0 radical (unpaired) electrons. The van der Waals surface area contributed by atoms with Crippen LogP contribution in [-0.2, 0) is 11.3 Å². The van der Waals surface area contributed by atoms with Gasteiger partial charge < -0.3 is 15.0 Å². The van der Waals surface area contributed by atoms with Crippen molar-refractivity contribution in [2.45, 2.75) is 25.9 Å². The Kier molecular flexibility index (Phi) is 5.26. The van der Waals surface area contributed by atoms with Gasteiger partial charge in [-0.25, -0.2) is 4.98 Å². The molecular formula is C19H26N6O. The molecule has 2 aromatic rings. The van der Waals surface area contributed by atoms with Crippen molar-refractivity contribution >= 4 is 11.8 Å². The number of morpholine rings is 1. The second kappa shape index (κ2) is 7.97. The zero-order valence-corrected chi connectivity index (χ0v) is 15.3. The van der Waals surface area contributed by atoms with Crippen LogP contribution in [0.5, 0.6) is 0 Å². The van der Waals surface area contributed by atoms with E-state index in [4.69, 9.17) is 9.72 Å². The molecule has 0 spiro atoms. The van der Waals surface area contributed by atoms with Crippen LogP contribution < -0.4 is 10.2 Å². The number of nitrogens with one attached hydrogen (secondary N) is 1. The van der Waals surface area contributed by atoms with Gasteiger partial charge in [0, 0.05) is 51.2 Å². The maximum atomic E-state index is 5.40. The van der Waals surface area contributed by atoms with Gasteiger partial charge in [-0.2, -0.15) is 4.98 Å². The Morgan fingerprint density at radius 2 is 2.04 bits per heavy atom. The van der Waals surface area contributed by atoms with Crippen molar-refractivity contribution < 1.29 is 4.74 Å². The van der Waals surface area contributed by atoms with Crippen molar-refractivity contribution in [3.05, 3.63) is 41.9 Å². The number of rotatable bonds is 5. The van der Waals surface area contributed by atoms with E-state index in [9.17, 15) is 0 Å². The molecule has 138 valence electrons. The maximum Gasteiger partial charge on any atom is 0.227 e. The molecule has 0 aliphatic carbocycles. The molecule has 0 bridgehead atoms. The molecule has 4 rings (SSSR count). The summed E-state index contributed by atoms with van der Waals surface area (Å²) in [6, 6.07) is 6.48. The molecule has 2 saturated heterocycles. The van der Waals surface area contributed by atoms with Crippen LogP contribution in [0.3, 0.4) is 0 Å². The highest BCUT2D eigenvalue weighted by molar-refractivity contribution is 5.42. The molecule has 26 heavy (non-hydrogen) atoms. The number of pyridine rings is 1. The SMILES string of the molecule is Cc1cccnc1CN1CCC(Nc2ccnc(N3CCOCC3)n2)C1. The first-order valence-electron chi connectivity index (χ1n) is 9.33. The monoisotopic (exact) mass is 354 g/mol. The average molecular weight is 354 g/mol. The third-order valence-corrected chi connectivity index (χ3v) is 5.05. The zero-order valence-electron chi connectivity index (χ0n) is 15.3. The number of likely N-dealkylation sites (tertiary alicyclic amines) is 1. The summed E-state index contributed by atoms with van der Waals surface area (Å²) in [6.07, 6.45) is 4.83. The number of hydrogen-bond acceptors (Lipinski definition) is 7. The molecule has 2 aliphatic heterocycles. The predicted molar refractivity (Wildman–Crippen MR) is 101 cm³/mol. The van der Waals surface area contributed by atoms with Gasteiger partial charge in [-0.3, -0.25) is 9.88 Å². The maximum absolute atomic E-state index is 5.40. The second-order valence-corrected chi connectivity index (χ2v) is 6.97. The molecule has 2 fully saturated rings. The number of aryl methyl sites for hydroxylation is 1. The first-order valence-corrected chi connectivity index (χ1v) is 9.33. The van der Waals surface area contributed by atoms with Crippen LogP contribution in [-0.4, -0.2) is 65.3 Å². The van der Waals surface area contributed by atoms with E-state index in [0.717, 1.165) is 64.1 Å². The Bertz CT molecular complexity index is 733. The summed E-state index contributed by atoms with van der Waals surface area (Å²) in [6.45, 7) is 8.31. The van der Waals surface area contributed by atoms with Crippen LogP contribution in [0.25, 0.3) is 0 Å². The normalized spacial score (nSPS) is 21.1. The molecule has 1 unspecified atom stereocenters. The molecule has 0 amide bonds. The smallest absolute Gasteiger partial charge is 0.227 e. The number of anilines is 2. The van der Waals surface area contributed by atoms with E-state index in [2.05, 4.69) is 38.1 Å². The standard InChI is InChI=1S/C19H26N6O/c1-15-3-2-6-20-17(15)14-24-8-5-16(13-24)22-18-4-7-21-19(23-18)25-9-11-26-12-10-25/h2-4,6-7,16H,5,8-14H2,1H3,(H,21,22,23). The van der Waals surface area contributed by atoms with Gasteiger partial charge in [0.2, 0.25) is 5.95 Å². The summed E-state index contributed by atoms with van der Waals surface area (Å²) >= 11 is 0. The first kappa shape index (κ1) is 17.2. The lowest BCUT2D eigenvalue weighted by molar-refractivity contribution is 0.122. The van der Waals surface area contributed by atoms with Crippen LogP contribution in [0.2, 0.25) is 0 Å². The zero-order chi connectivity index (χ0) is 17.8. The molecule has 2 aromatic heterocycles. The molecule has 0 saturated carbocycles. The Hall–Kier alpha value is -2.25. The fourth-order valence-electron chi connectivity index (χ4n) is 3.54. The third kappa shape index (κ3) is 4.11. The van der Waals surface area contributed by atoms with E-state index in [0.29, 0.717) is 6.04 Å². The van der Waals surface area contributed by atoms with Crippen molar-refractivity contribution in [3.8, 4) is 0 Å². The molecule has 1 N–H and O–H groups in total. The van der Waals surface area contributed by atoms with Gasteiger partial charge in [0.15, 0.2) is 0 Å². The van der Waals surface area contributed by atoms with Crippen LogP contribution >= 0.6 is 0 Å². The van der Waals surface area contributed by atoms with Gasteiger partial charge in [0.1, 0.15) is 5.82 Å². The Morgan fingerprint density at radius 1 is 1.15 bits per heavy atom. The average Bonchev–Trinajstić information content (AvgIpc) is 3.11. The highest BCUT2D eigenvalue weighted by Crippen LogP contribution is 2.19. The topological polar surface area (TPSA) is 66.4 Å². The van der Waals surface area contributed by atoms with E-state index < -0.39 is 0 Å². The van der Waals surface area contributed by atoms with Crippen molar-refractivity contribution in [1.82, 2.24) is 19.9 Å². The van der Waals surface area contributed by atoms with E-state index in [-0.39, 0.29) is 0 Å². The van der Waals surface area contributed by atoms with Crippen LogP contribution in [0, 0.1) is 6.92 Å².